The van der Waals surface area contributed by atoms with Crippen molar-refractivity contribution in [1.82, 2.24) is 44.1 Å². The van der Waals surface area contributed by atoms with E-state index in [9.17, 15) is 4.79 Å². The van der Waals surface area contributed by atoms with E-state index >= 15 is 0 Å². The minimum Gasteiger partial charge on any atom is -0.307 e. The molecule has 0 aliphatic carbocycles. The molecule has 0 amide bonds. The van der Waals surface area contributed by atoms with Crippen LogP contribution >= 0.6 is 0 Å². The molecule has 1 aliphatic heterocycles. The average molecular weight is 411 g/mol. The molecule has 0 spiro atoms. The molecule has 0 saturated carbocycles. The van der Waals surface area contributed by atoms with Gasteiger partial charge in [-0.1, -0.05) is 6.07 Å². The minimum absolute atomic E-state index is 0.211. The van der Waals surface area contributed by atoms with Gasteiger partial charge < -0.3 is 4.57 Å². The van der Waals surface area contributed by atoms with E-state index in [2.05, 4.69) is 36.8 Å². The molecule has 0 unspecified atom stereocenters. The topological polar surface area (TPSA) is 109 Å². The predicted molar refractivity (Wildman–Crippen MR) is 112 cm³/mol. The van der Waals surface area contributed by atoms with Gasteiger partial charge in [0.05, 0.1) is 17.1 Å². The number of nitrogens with zero attached hydrogens (tertiary/aromatic N) is 9. The summed E-state index contributed by atoms with van der Waals surface area (Å²) in [7, 11) is 0. The van der Waals surface area contributed by atoms with E-state index < -0.39 is 0 Å². The zero-order chi connectivity index (χ0) is 20.9. The molecule has 0 radical (unpaired) electrons. The largest absolute Gasteiger partial charge is 0.307 e. The van der Waals surface area contributed by atoms with Gasteiger partial charge in [-0.3, -0.25) is 14.3 Å². The van der Waals surface area contributed by atoms with Crippen molar-refractivity contribution in [2.75, 3.05) is 0 Å². The lowest BCUT2D eigenvalue weighted by Crippen LogP contribution is -2.18. The molecule has 0 N–H and O–H groups in total. The Hall–Kier alpha value is -4.21. The van der Waals surface area contributed by atoms with Gasteiger partial charge in [-0.15, -0.1) is 10.2 Å². The molecule has 152 valence electrons. The van der Waals surface area contributed by atoms with E-state index in [1.165, 1.54) is 4.57 Å². The van der Waals surface area contributed by atoms with Gasteiger partial charge in [-0.25, -0.2) is 14.6 Å². The summed E-state index contributed by atoms with van der Waals surface area (Å²) >= 11 is 0. The van der Waals surface area contributed by atoms with Crippen LogP contribution in [-0.2, 0) is 6.42 Å². The van der Waals surface area contributed by atoms with Gasteiger partial charge in [0.1, 0.15) is 17.3 Å². The maximum absolute atomic E-state index is 13.2. The fourth-order valence-electron chi connectivity index (χ4n) is 4.01. The molecule has 0 saturated heterocycles. The van der Waals surface area contributed by atoms with Crippen LogP contribution < -0.4 is 5.56 Å². The third-order valence-corrected chi connectivity index (χ3v) is 5.56. The lowest BCUT2D eigenvalue weighted by atomic mass is 10.2. The quantitative estimate of drug-likeness (QED) is 0.447. The van der Waals surface area contributed by atoms with Gasteiger partial charge in [0.25, 0.3) is 5.56 Å². The second-order valence-electron chi connectivity index (χ2n) is 7.51. The SMILES string of the molecule is C[C@H]1CCc2nnc(-c3cccc(-n4ccc5nn(-c6cnccn6)cc5c4=O)n3)n21. The van der Waals surface area contributed by atoms with Crippen molar-refractivity contribution < 1.29 is 0 Å². The van der Waals surface area contributed by atoms with Crippen LogP contribution in [0.3, 0.4) is 0 Å². The van der Waals surface area contributed by atoms with Crippen molar-refractivity contribution in [1.29, 1.82) is 0 Å². The number of fused-ring (bicyclic) bond motifs is 2. The number of hydrogen-bond acceptors (Lipinski definition) is 7. The Balaban J connectivity index is 1.45. The maximum atomic E-state index is 13.2. The minimum atomic E-state index is -0.211. The van der Waals surface area contributed by atoms with Crippen molar-refractivity contribution in [3.63, 3.8) is 0 Å². The first-order chi connectivity index (χ1) is 15.2. The number of pyridine rings is 2. The molecule has 5 aromatic heterocycles. The summed E-state index contributed by atoms with van der Waals surface area (Å²) in [5, 5.41) is 13.6. The second-order valence-corrected chi connectivity index (χ2v) is 7.51. The highest BCUT2D eigenvalue weighted by Crippen LogP contribution is 2.29. The van der Waals surface area contributed by atoms with Crippen molar-refractivity contribution in [3.8, 4) is 23.2 Å². The number of aromatic nitrogens is 9. The Morgan fingerprint density at radius 1 is 1.10 bits per heavy atom. The molecule has 0 aromatic carbocycles. The average Bonchev–Trinajstić information content (AvgIpc) is 3.51. The monoisotopic (exact) mass is 411 g/mol. The fraction of sp³-hybridized carbons (Fsp3) is 0.190. The molecule has 1 aliphatic rings. The van der Waals surface area contributed by atoms with Gasteiger partial charge in [-0.2, -0.15) is 5.10 Å². The molecule has 0 bridgehead atoms. The third-order valence-electron chi connectivity index (χ3n) is 5.56. The summed E-state index contributed by atoms with van der Waals surface area (Å²) in [6.07, 6.45) is 10.1. The molecule has 10 heteroatoms. The zero-order valence-electron chi connectivity index (χ0n) is 16.6. The van der Waals surface area contributed by atoms with Crippen LogP contribution in [0.15, 0.2) is 60.0 Å². The number of aryl methyl sites for hydroxylation is 1. The standard InChI is InChI=1S/C21H17N9O/c1-13-5-6-18-25-26-20(30(13)18)16-3-2-4-17(24-16)28-10-7-15-14(21(28)31)12-29(27-15)19-11-22-8-9-23-19/h2-4,7-13H,5-6H2,1H3/t13-/m0/s1. The second kappa shape index (κ2) is 6.66. The molecule has 6 rings (SSSR count). The van der Waals surface area contributed by atoms with E-state index in [4.69, 9.17) is 4.98 Å². The van der Waals surface area contributed by atoms with Crippen LogP contribution in [0.4, 0.5) is 0 Å². The van der Waals surface area contributed by atoms with E-state index in [0.717, 1.165) is 24.5 Å². The van der Waals surface area contributed by atoms with Gasteiger partial charge in [-0.05, 0) is 31.5 Å². The number of rotatable bonds is 3. The van der Waals surface area contributed by atoms with Gasteiger partial charge in [0.2, 0.25) is 0 Å². The van der Waals surface area contributed by atoms with Gasteiger partial charge in [0.15, 0.2) is 11.6 Å². The summed E-state index contributed by atoms with van der Waals surface area (Å²) in [5.74, 6) is 2.76. The molecule has 31 heavy (non-hydrogen) atoms. The van der Waals surface area contributed by atoms with Crippen LogP contribution in [0.5, 0.6) is 0 Å². The molecule has 1 atom stereocenters. The third kappa shape index (κ3) is 2.75. The van der Waals surface area contributed by atoms with Crippen molar-refractivity contribution >= 4 is 10.9 Å². The Kier molecular flexibility index (Phi) is 3.79. The summed E-state index contributed by atoms with van der Waals surface area (Å²) in [6.45, 7) is 2.15. The van der Waals surface area contributed by atoms with Gasteiger partial charge in [0, 0.05) is 37.3 Å². The summed E-state index contributed by atoms with van der Waals surface area (Å²) in [4.78, 5) is 26.2. The normalized spacial score (nSPS) is 15.5. The Labute approximate surface area is 175 Å². The van der Waals surface area contributed by atoms with E-state index in [0.29, 0.717) is 34.3 Å². The first-order valence-corrected chi connectivity index (χ1v) is 9.98. The summed E-state index contributed by atoms with van der Waals surface area (Å²) < 4.78 is 5.19. The van der Waals surface area contributed by atoms with Crippen molar-refractivity contribution in [2.24, 2.45) is 0 Å². The predicted octanol–water partition coefficient (Wildman–Crippen LogP) is 2.13. The first kappa shape index (κ1) is 17.6. The van der Waals surface area contributed by atoms with Crippen LogP contribution in [-0.4, -0.2) is 44.1 Å². The van der Waals surface area contributed by atoms with E-state index in [1.54, 1.807) is 47.8 Å². The summed E-state index contributed by atoms with van der Waals surface area (Å²) in [5.41, 5.74) is 1.05. The highest BCUT2D eigenvalue weighted by atomic mass is 16.1. The van der Waals surface area contributed by atoms with Crippen LogP contribution in [0, 0.1) is 0 Å². The van der Waals surface area contributed by atoms with Crippen molar-refractivity contribution in [3.05, 3.63) is 71.4 Å². The molecule has 0 fully saturated rings. The van der Waals surface area contributed by atoms with Crippen LogP contribution in [0.25, 0.3) is 34.1 Å². The Morgan fingerprint density at radius 3 is 2.90 bits per heavy atom. The first-order valence-electron chi connectivity index (χ1n) is 9.98. The Morgan fingerprint density at radius 2 is 2.03 bits per heavy atom. The molecular formula is C21H17N9O. The Bertz CT molecular complexity index is 1480. The van der Waals surface area contributed by atoms with Gasteiger partial charge >= 0.3 is 0 Å². The van der Waals surface area contributed by atoms with Crippen LogP contribution in [0.1, 0.15) is 25.2 Å². The van der Waals surface area contributed by atoms with E-state index in [-0.39, 0.29) is 5.56 Å². The highest BCUT2D eigenvalue weighted by Gasteiger charge is 2.25. The molecule has 5 aromatic rings. The number of hydrogen-bond donors (Lipinski definition) is 0. The van der Waals surface area contributed by atoms with Crippen molar-refractivity contribution in [2.45, 2.75) is 25.8 Å². The maximum Gasteiger partial charge on any atom is 0.267 e. The fourth-order valence-corrected chi connectivity index (χ4v) is 4.01. The zero-order valence-corrected chi connectivity index (χ0v) is 16.6. The molecule has 10 nitrogen and oxygen atoms in total. The van der Waals surface area contributed by atoms with Crippen LogP contribution in [0.2, 0.25) is 0 Å². The lowest BCUT2D eigenvalue weighted by molar-refractivity contribution is 0.581. The molecule has 6 heterocycles. The molecular weight excluding hydrogens is 394 g/mol. The lowest BCUT2D eigenvalue weighted by Gasteiger charge is -2.10. The summed E-state index contributed by atoms with van der Waals surface area (Å²) in [6, 6.07) is 7.68. The van der Waals surface area contributed by atoms with E-state index in [1.807, 2.05) is 12.1 Å². The smallest absolute Gasteiger partial charge is 0.267 e. The highest BCUT2D eigenvalue weighted by molar-refractivity contribution is 5.77.